The SMILES string of the molecule is O=CC1CN(c2c(O)cc3cc(O)c(Br)cc3c2F)S(=O)(=O)N1. The number of hydrogen-bond acceptors (Lipinski definition) is 5. The molecule has 3 N–H and O–H groups in total. The highest BCUT2D eigenvalue weighted by molar-refractivity contribution is 9.10. The summed E-state index contributed by atoms with van der Waals surface area (Å²) in [4.78, 5) is 10.8. The number of carbonyl (C=O) groups excluding carboxylic acids is 1. The van der Waals surface area contributed by atoms with Gasteiger partial charge in [0.1, 0.15) is 23.5 Å². The predicted molar refractivity (Wildman–Crippen MR) is 84.2 cm³/mol. The number of phenolic OH excluding ortho intramolecular Hbond substituents is 2. The largest absolute Gasteiger partial charge is 0.507 e. The van der Waals surface area contributed by atoms with Crippen LogP contribution in [-0.2, 0) is 15.0 Å². The third-order valence-corrected chi connectivity index (χ3v) is 5.61. The summed E-state index contributed by atoms with van der Waals surface area (Å²) in [6.45, 7) is -0.332. The van der Waals surface area contributed by atoms with Gasteiger partial charge in [-0.2, -0.15) is 13.1 Å². The van der Waals surface area contributed by atoms with Crippen LogP contribution in [0.4, 0.5) is 10.1 Å². The molecule has 7 nitrogen and oxygen atoms in total. The first-order valence-electron chi connectivity index (χ1n) is 6.33. The molecule has 0 aliphatic carbocycles. The fourth-order valence-electron chi connectivity index (χ4n) is 2.43. The van der Waals surface area contributed by atoms with Crippen molar-refractivity contribution in [3.63, 3.8) is 0 Å². The van der Waals surface area contributed by atoms with Gasteiger partial charge in [-0.15, -0.1) is 0 Å². The molecule has 1 aliphatic heterocycles. The quantitative estimate of drug-likeness (QED) is 0.655. The van der Waals surface area contributed by atoms with Crippen molar-refractivity contribution in [3.05, 3.63) is 28.5 Å². The van der Waals surface area contributed by atoms with Gasteiger partial charge < -0.3 is 15.0 Å². The Labute approximate surface area is 138 Å². The van der Waals surface area contributed by atoms with Crippen LogP contribution < -0.4 is 9.03 Å². The van der Waals surface area contributed by atoms with Crippen molar-refractivity contribution in [2.24, 2.45) is 0 Å². The number of aldehydes is 1. The third kappa shape index (κ3) is 2.52. The van der Waals surface area contributed by atoms with Crippen molar-refractivity contribution >= 4 is 48.9 Å². The molecule has 1 saturated heterocycles. The minimum absolute atomic E-state index is 0.00669. The highest BCUT2D eigenvalue weighted by atomic mass is 79.9. The molecule has 122 valence electrons. The molecule has 3 rings (SSSR count). The predicted octanol–water partition coefficient (Wildman–Crippen LogP) is 1.37. The number of halogens is 2. The maximum Gasteiger partial charge on any atom is 0.302 e. The summed E-state index contributed by atoms with van der Waals surface area (Å²) in [5.41, 5.74) is -0.549. The molecule has 0 amide bonds. The number of rotatable bonds is 2. The summed E-state index contributed by atoms with van der Waals surface area (Å²) in [5, 5.41) is 19.9. The van der Waals surface area contributed by atoms with E-state index in [1.54, 1.807) is 0 Å². The van der Waals surface area contributed by atoms with Crippen LogP contribution in [0.3, 0.4) is 0 Å². The Morgan fingerprint density at radius 1 is 1.30 bits per heavy atom. The van der Waals surface area contributed by atoms with Gasteiger partial charge in [0.25, 0.3) is 0 Å². The maximum atomic E-state index is 14.8. The molecule has 1 aliphatic rings. The van der Waals surface area contributed by atoms with Gasteiger partial charge in [-0.05, 0) is 39.5 Å². The average Bonchev–Trinajstić information content (AvgIpc) is 2.77. The number of fused-ring (bicyclic) bond motifs is 1. The van der Waals surface area contributed by atoms with E-state index in [0.29, 0.717) is 10.6 Å². The molecule has 2 aromatic rings. The van der Waals surface area contributed by atoms with Crippen LogP contribution in [0.2, 0.25) is 0 Å². The van der Waals surface area contributed by atoms with E-state index in [4.69, 9.17) is 0 Å². The third-order valence-electron chi connectivity index (χ3n) is 3.46. The number of phenols is 2. The summed E-state index contributed by atoms with van der Waals surface area (Å²) >= 11 is 3.05. The molecule has 0 bridgehead atoms. The van der Waals surface area contributed by atoms with Gasteiger partial charge in [-0.3, -0.25) is 0 Å². The molecule has 2 aromatic carbocycles. The highest BCUT2D eigenvalue weighted by Gasteiger charge is 2.38. The zero-order chi connectivity index (χ0) is 16.9. The number of nitrogens with zero attached hydrogens (tertiary/aromatic N) is 1. The van der Waals surface area contributed by atoms with Gasteiger partial charge in [0, 0.05) is 5.39 Å². The molecule has 0 aromatic heterocycles. The standard InChI is InChI=1S/C13H10BrFN2O5S/c14-9-3-8-6(1-10(9)19)2-11(20)13(12(8)15)17-4-7(5-18)16-23(17,21)22/h1-3,5,7,16,19-20H,4H2. The summed E-state index contributed by atoms with van der Waals surface area (Å²) < 4.78 is 41.7. The molecule has 1 heterocycles. The van der Waals surface area contributed by atoms with E-state index in [9.17, 15) is 27.8 Å². The first-order valence-corrected chi connectivity index (χ1v) is 8.57. The minimum atomic E-state index is -4.14. The molecule has 10 heteroatoms. The summed E-state index contributed by atoms with van der Waals surface area (Å²) in [5.74, 6) is -1.74. The van der Waals surface area contributed by atoms with Gasteiger partial charge in [-0.25, -0.2) is 8.70 Å². The van der Waals surface area contributed by atoms with Crippen LogP contribution in [0.5, 0.6) is 11.5 Å². The lowest BCUT2D eigenvalue weighted by Crippen LogP contribution is -2.31. The van der Waals surface area contributed by atoms with Crippen molar-refractivity contribution in [1.29, 1.82) is 0 Å². The lowest BCUT2D eigenvalue weighted by molar-refractivity contribution is -0.108. The number of aromatic hydroxyl groups is 2. The van der Waals surface area contributed by atoms with E-state index in [1.807, 2.05) is 0 Å². The molecular weight excluding hydrogens is 395 g/mol. The van der Waals surface area contributed by atoms with Gasteiger partial charge >= 0.3 is 10.2 Å². The topological polar surface area (TPSA) is 107 Å². The molecule has 23 heavy (non-hydrogen) atoms. The number of anilines is 1. The van der Waals surface area contributed by atoms with Gasteiger partial charge in [-0.1, -0.05) is 0 Å². The Hall–Kier alpha value is -1.91. The Kier molecular flexibility index (Phi) is 3.69. The second kappa shape index (κ2) is 5.32. The Morgan fingerprint density at radius 2 is 1.96 bits per heavy atom. The van der Waals surface area contributed by atoms with E-state index in [-0.39, 0.29) is 27.5 Å². The first kappa shape index (κ1) is 16.0. The van der Waals surface area contributed by atoms with Crippen LogP contribution >= 0.6 is 15.9 Å². The van der Waals surface area contributed by atoms with Gasteiger partial charge in [0.05, 0.1) is 17.1 Å². The Morgan fingerprint density at radius 3 is 2.57 bits per heavy atom. The number of carbonyl (C=O) groups is 1. The zero-order valence-electron chi connectivity index (χ0n) is 11.3. The second-order valence-corrected chi connectivity index (χ2v) is 7.46. The molecule has 1 unspecified atom stereocenters. The van der Waals surface area contributed by atoms with Gasteiger partial charge in [0.15, 0.2) is 5.82 Å². The smallest absolute Gasteiger partial charge is 0.302 e. The fourth-order valence-corrected chi connectivity index (χ4v) is 4.19. The minimum Gasteiger partial charge on any atom is -0.507 e. The Bertz CT molecular complexity index is 934. The van der Waals surface area contributed by atoms with Gasteiger partial charge in [0.2, 0.25) is 0 Å². The molecular formula is C13H10BrFN2O5S. The lowest BCUT2D eigenvalue weighted by Gasteiger charge is -2.19. The Balaban J connectivity index is 2.26. The van der Waals surface area contributed by atoms with E-state index in [2.05, 4.69) is 20.7 Å². The summed E-state index contributed by atoms with van der Waals surface area (Å²) in [7, 11) is -4.14. The van der Waals surface area contributed by atoms with Crippen LogP contribution in [0.25, 0.3) is 10.8 Å². The highest BCUT2D eigenvalue weighted by Crippen LogP contribution is 2.41. The van der Waals surface area contributed by atoms with Crippen molar-refractivity contribution in [2.45, 2.75) is 6.04 Å². The van der Waals surface area contributed by atoms with Crippen LogP contribution in [0, 0.1) is 5.82 Å². The first-order chi connectivity index (χ1) is 10.7. The lowest BCUT2D eigenvalue weighted by atomic mass is 10.1. The number of nitrogens with one attached hydrogen (secondary N) is 1. The number of benzene rings is 2. The fraction of sp³-hybridized carbons (Fsp3) is 0.154. The molecule has 0 radical (unpaired) electrons. The molecule has 0 saturated carbocycles. The molecule has 0 spiro atoms. The van der Waals surface area contributed by atoms with Crippen LogP contribution in [0.15, 0.2) is 22.7 Å². The van der Waals surface area contributed by atoms with Crippen LogP contribution in [0.1, 0.15) is 0 Å². The second-order valence-electron chi connectivity index (χ2n) is 4.98. The van der Waals surface area contributed by atoms with Crippen molar-refractivity contribution in [3.8, 4) is 11.5 Å². The van der Waals surface area contributed by atoms with E-state index in [1.165, 1.54) is 12.1 Å². The van der Waals surface area contributed by atoms with Crippen molar-refractivity contribution in [2.75, 3.05) is 10.8 Å². The normalized spacial score (nSPS) is 20.1. The molecule has 1 atom stereocenters. The number of hydrogen-bond donors (Lipinski definition) is 3. The van der Waals surface area contributed by atoms with Crippen molar-refractivity contribution < 1.29 is 27.8 Å². The van der Waals surface area contributed by atoms with E-state index in [0.717, 1.165) is 6.07 Å². The molecule has 1 fully saturated rings. The van der Waals surface area contributed by atoms with E-state index < -0.39 is 33.5 Å². The summed E-state index contributed by atoms with van der Waals surface area (Å²) in [6.07, 6.45) is 0.391. The monoisotopic (exact) mass is 404 g/mol. The summed E-state index contributed by atoms with van der Waals surface area (Å²) in [6, 6.07) is 2.62. The zero-order valence-corrected chi connectivity index (χ0v) is 13.7. The average molecular weight is 405 g/mol. The van der Waals surface area contributed by atoms with Crippen molar-refractivity contribution in [1.82, 2.24) is 4.72 Å². The van der Waals surface area contributed by atoms with Crippen LogP contribution in [-0.4, -0.2) is 37.5 Å². The maximum absolute atomic E-state index is 14.8. The van der Waals surface area contributed by atoms with E-state index >= 15 is 0 Å².